The molecule has 118 valence electrons. The number of nitrogens with one attached hydrogen (secondary N) is 1. The predicted molar refractivity (Wildman–Crippen MR) is 81.6 cm³/mol. The molecule has 1 saturated carbocycles. The molecule has 0 heterocycles. The number of carbonyl (C=O) groups is 1. The molecule has 1 amide bonds. The Morgan fingerprint density at radius 2 is 2.05 bits per heavy atom. The molecule has 0 aliphatic heterocycles. The van der Waals surface area contributed by atoms with Gasteiger partial charge in [-0.25, -0.2) is 0 Å². The SMILES string of the molecule is COCCCNC(=O)CN(CCCN)C1CCCCC1. The fourth-order valence-electron chi connectivity index (χ4n) is 2.82. The molecular formula is C15H31N3O2. The molecule has 1 aliphatic rings. The third-order valence-electron chi connectivity index (χ3n) is 3.93. The lowest BCUT2D eigenvalue weighted by Gasteiger charge is -2.33. The molecule has 1 aliphatic carbocycles. The largest absolute Gasteiger partial charge is 0.385 e. The number of rotatable bonds is 10. The van der Waals surface area contributed by atoms with E-state index >= 15 is 0 Å². The second-order valence-electron chi connectivity index (χ2n) is 5.60. The molecule has 5 heteroatoms. The summed E-state index contributed by atoms with van der Waals surface area (Å²) in [4.78, 5) is 14.3. The van der Waals surface area contributed by atoms with E-state index < -0.39 is 0 Å². The molecule has 3 N–H and O–H groups in total. The van der Waals surface area contributed by atoms with E-state index in [0.29, 0.717) is 32.3 Å². The van der Waals surface area contributed by atoms with Crippen LogP contribution in [0.4, 0.5) is 0 Å². The van der Waals surface area contributed by atoms with Gasteiger partial charge in [-0.1, -0.05) is 19.3 Å². The van der Waals surface area contributed by atoms with Crippen molar-refractivity contribution in [3.8, 4) is 0 Å². The smallest absolute Gasteiger partial charge is 0.234 e. The summed E-state index contributed by atoms with van der Waals surface area (Å²) in [5, 5.41) is 2.97. The van der Waals surface area contributed by atoms with Gasteiger partial charge in [0.25, 0.3) is 0 Å². The molecule has 0 radical (unpaired) electrons. The van der Waals surface area contributed by atoms with E-state index in [-0.39, 0.29) is 5.91 Å². The van der Waals surface area contributed by atoms with Crippen LogP contribution >= 0.6 is 0 Å². The van der Waals surface area contributed by atoms with Crippen molar-refractivity contribution in [2.75, 3.05) is 39.9 Å². The van der Waals surface area contributed by atoms with Crippen LogP contribution in [0.3, 0.4) is 0 Å². The van der Waals surface area contributed by atoms with Gasteiger partial charge in [-0.05, 0) is 32.2 Å². The molecule has 0 aromatic heterocycles. The molecule has 1 rings (SSSR count). The van der Waals surface area contributed by atoms with Crippen molar-refractivity contribution in [2.24, 2.45) is 5.73 Å². The molecule has 0 bridgehead atoms. The lowest BCUT2D eigenvalue weighted by atomic mass is 9.94. The Labute approximate surface area is 123 Å². The lowest BCUT2D eigenvalue weighted by molar-refractivity contribution is -0.123. The van der Waals surface area contributed by atoms with Crippen molar-refractivity contribution in [1.82, 2.24) is 10.2 Å². The number of methoxy groups -OCH3 is 1. The maximum absolute atomic E-state index is 12.0. The van der Waals surface area contributed by atoms with Crippen molar-refractivity contribution in [1.29, 1.82) is 0 Å². The number of ether oxygens (including phenoxy) is 1. The van der Waals surface area contributed by atoms with Gasteiger partial charge in [-0.15, -0.1) is 0 Å². The summed E-state index contributed by atoms with van der Waals surface area (Å²) in [5.74, 6) is 0.128. The van der Waals surface area contributed by atoms with Crippen LogP contribution in [0.5, 0.6) is 0 Å². The number of nitrogens with zero attached hydrogens (tertiary/aromatic N) is 1. The van der Waals surface area contributed by atoms with Crippen LogP contribution in [-0.2, 0) is 9.53 Å². The topological polar surface area (TPSA) is 67.6 Å². The lowest BCUT2D eigenvalue weighted by Crippen LogP contribution is -2.44. The van der Waals surface area contributed by atoms with Gasteiger partial charge >= 0.3 is 0 Å². The first-order valence-corrected chi connectivity index (χ1v) is 7.97. The van der Waals surface area contributed by atoms with E-state index in [1.54, 1.807) is 7.11 Å². The maximum atomic E-state index is 12.0. The summed E-state index contributed by atoms with van der Waals surface area (Å²) < 4.78 is 4.98. The highest BCUT2D eigenvalue weighted by molar-refractivity contribution is 5.78. The summed E-state index contributed by atoms with van der Waals surface area (Å²) >= 11 is 0. The van der Waals surface area contributed by atoms with Gasteiger partial charge in [0.05, 0.1) is 6.54 Å². The summed E-state index contributed by atoms with van der Waals surface area (Å²) in [5.41, 5.74) is 5.61. The zero-order valence-corrected chi connectivity index (χ0v) is 12.9. The maximum Gasteiger partial charge on any atom is 0.234 e. The van der Waals surface area contributed by atoms with Crippen molar-refractivity contribution in [2.45, 2.75) is 51.0 Å². The minimum Gasteiger partial charge on any atom is -0.385 e. The summed E-state index contributed by atoms with van der Waals surface area (Å²) in [7, 11) is 1.68. The Bertz CT molecular complexity index is 256. The van der Waals surface area contributed by atoms with Gasteiger partial charge in [0.2, 0.25) is 5.91 Å². The van der Waals surface area contributed by atoms with Gasteiger partial charge in [0, 0.05) is 32.8 Å². The Morgan fingerprint density at radius 3 is 2.70 bits per heavy atom. The third-order valence-corrected chi connectivity index (χ3v) is 3.93. The first-order chi connectivity index (χ1) is 9.77. The van der Waals surface area contributed by atoms with E-state index in [1.807, 2.05) is 0 Å². The fraction of sp³-hybridized carbons (Fsp3) is 0.933. The van der Waals surface area contributed by atoms with E-state index in [9.17, 15) is 4.79 Å². The second kappa shape index (κ2) is 11.1. The standard InChI is InChI=1S/C15H31N3O2/c1-20-12-6-10-17-15(19)13-18(11-5-9-16)14-7-3-2-4-8-14/h14H,2-13,16H2,1H3,(H,17,19). The van der Waals surface area contributed by atoms with Crippen LogP contribution in [-0.4, -0.2) is 56.7 Å². The third kappa shape index (κ3) is 7.22. The Balaban J connectivity index is 2.32. The van der Waals surface area contributed by atoms with Crippen molar-refractivity contribution in [3.63, 3.8) is 0 Å². The van der Waals surface area contributed by atoms with Gasteiger partial charge in [-0.3, -0.25) is 9.69 Å². The number of hydrogen-bond acceptors (Lipinski definition) is 4. The van der Waals surface area contributed by atoms with Crippen LogP contribution in [0.1, 0.15) is 44.9 Å². The molecule has 1 fully saturated rings. The Hall–Kier alpha value is -0.650. The van der Waals surface area contributed by atoms with E-state index in [4.69, 9.17) is 10.5 Å². The fourth-order valence-corrected chi connectivity index (χ4v) is 2.82. The van der Waals surface area contributed by atoms with Crippen molar-refractivity contribution < 1.29 is 9.53 Å². The minimum absolute atomic E-state index is 0.128. The molecule has 0 aromatic carbocycles. The van der Waals surface area contributed by atoms with E-state index in [2.05, 4.69) is 10.2 Å². The average Bonchev–Trinajstić information content (AvgIpc) is 2.49. The number of amides is 1. The van der Waals surface area contributed by atoms with Gasteiger partial charge in [0.1, 0.15) is 0 Å². The number of nitrogens with two attached hydrogens (primary N) is 1. The first-order valence-electron chi connectivity index (χ1n) is 7.97. The molecule has 0 aromatic rings. The summed E-state index contributed by atoms with van der Waals surface area (Å²) in [6, 6.07) is 0.569. The summed E-state index contributed by atoms with van der Waals surface area (Å²) in [6.45, 7) is 3.53. The van der Waals surface area contributed by atoms with Crippen molar-refractivity contribution in [3.05, 3.63) is 0 Å². The zero-order valence-electron chi connectivity index (χ0n) is 12.9. The van der Waals surface area contributed by atoms with Crippen LogP contribution in [0.25, 0.3) is 0 Å². The summed E-state index contributed by atoms with van der Waals surface area (Å²) in [6.07, 6.45) is 8.20. The van der Waals surface area contributed by atoms with Crippen molar-refractivity contribution >= 4 is 5.91 Å². The molecule has 0 spiro atoms. The van der Waals surface area contributed by atoms with E-state index in [1.165, 1.54) is 32.1 Å². The first kappa shape index (κ1) is 17.4. The van der Waals surface area contributed by atoms with Crippen LogP contribution < -0.4 is 11.1 Å². The van der Waals surface area contributed by atoms with Gasteiger partial charge in [-0.2, -0.15) is 0 Å². The quantitative estimate of drug-likeness (QED) is 0.590. The Kier molecular flexibility index (Phi) is 9.62. The molecular weight excluding hydrogens is 254 g/mol. The average molecular weight is 285 g/mol. The molecule has 5 nitrogen and oxygen atoms in total. The molecule has 0 unspecified atom stereocenters. The number of hydrogen-bond donors (Lipinski definition) is 2. The Morgan fingerprint density at radius 1 is 1.30 bits per heavy atom. The minimum atomic E-state index is 0.128. The monoisotopic (exact) mass is 285 g/mol. The van der Waals surface area contributed by atoms with Gasteiger partial charge < -0.3 is 15.8 Å². The second-order valence-corrected chi connectivity index (χ2v) is 5.60. The van der Waals surface area contributed by atoms with Gasteiger partial charge in [0.15, 0.2) is 0 Å². The van der Waals surface area contributed by atoms with E-state index in [0.717, 1.165) is 19.4 Å². The van der Waals surface area contributed by atoms with Crippen LogP contribution in [0, 0.1) is 0 Å². The highest BCUT2D eigenvalue weighted by atomic mass is 16.5. The van der Waals surface area contributed by atoms with Crippen LogP contribution in [0.2, 0.25) is 0 Å². The normalized spacial score (nSPS) is 16.6. The zero-order chi connectivity index (χ0) is 14.6. The predicted octanol–water partition coefficient (Wildman–Crippen LogP) is 1.12. The van der Waals surface area contributed by atoms with Crippen LogP contribution in [0.15, 0.2) is 0 Å². The molecule has 0 saturated heterocycles. The highest BCUT2D eigenvalue weighted by Gasteiger charge is 2.22. The highest BCUT2D eigenvalue weighted by Crippen LogP contribution is 2.22. The molecule has 20 heavy (non-hydrogen) atoms. The number of carbonyl (C=O) groups excluding carboxylic acids is 1. The molecule has 0 atom stereocenters.